The van der Waals surface area contributed by atoms with Gasteiger partial charge in [-0.2, -0.15) is 0 Å². The van der Waals surface area contributed by atoms with Crippen molar-refractivity contribution in [2.24, 2.45) is 0 Å². The number of carbonyl (C=O) groups is 3. The number of hydrogen-bond acceptors (Lipinski definition) is 3. The lowest BCUT2D eigenvalue weighted by Gasteiger charge is -2.23. The Labute approximate surface area is 185 Å². The Morgan fingerprint density at radius 1 is 1.06 bits per heavy atom. The van der Waals surface area contributed by atoms with Crippen LogP contribution in [0.25, 0.3) is 10.8 Å². The number of rotatable bonds is 5. The number of amides is 4. The third kappa shape index (κ3) is 3.99. The molecule has 3 aromatic carbocycles. The molecule has 6 nitrogen and oxygen atoms in total. The molecule has 4 rings (SSSR count). The standard InChI is InChI=1S/C24H22ClN3O3/c1-15(16-8-11-20(25)12-9-16)26-21(29)14-28-22(30)24(2,27-23(28)31)19-10-7-17-5-3-4-6-18(17)13-19/h3-13,15H,14H2,1-2H3,(H,26,29)(H,27,31). The summed E-state index contributed by atoms with van der Waals surface area (Å²) < 4.78 is 0. The van der Waals surface area contributed by atoms with Crippen LogP contribution < -0.4 is 10.6 Å². The summed E-state index contributed by atoms with van der Waals surface area (Å²) >= 11 is 5.90. The molecule has 0 aromatic heterocycles. The quantitative estimate of drug-likeness (QED) is 0.591. The molecule has 1 heterocycles. The Morgan fingerprint density at radius 2 is 1.74 bits per heavy atom. The SMILES string of the molecule is CC(NC(=O)CN1C(=O)NC(C)(c2ccc3ccccc3c2)C1=O)c1ccc(Cl)cc1. The number of imide groups is 1. The average Bonchev–Trinajstić information content (AvgIpc) is 2.97. The van der Waals surface area contributed by atoms with Crippen LogP contribution in [0.1, 0.15) is 31.0 Å². The maximum Gasteiger partial charge on any atom is 0.325 e. The van der Waals surface area contributed by atoms with Crippen LogP contribution >= 0.6 is 11.6 Å². The van der Waals surface area contributed by atoms with E-state index in [2.05, 4.69) is 10.6 Å². The maximum atomic E-state index is 13.2. The van der Waals surface area contributed by atoms with Crippen LogP contribution in [-0.2, 0) is 15.1 Å². The van der Waals surface area contributed by atoms with Gasteiger partial charge < -0.3 is 10.6 Å². The lowest BCUT2D eigenvalue weighted by atomic mass is 9.90. The first-order chi connectivity index (χ1) is 14.8. The van der Waals surface area contributed by atoms with E-state index >= 15 is 0 Å². The van der Waals surface area contributed by atoms with E-state index in [1.807, 2.05) is 61.5 Å². The summed E-state index contributed by atoms with van der Waals surface area (Å²) in [5.74, 6) is -0.879. The van der Waals surface area contributed by atoms with E-state index in [9.17, 15) is 14.4 Å². The number of nitrogens with zero attached hydrogens (tertiary/aromatic N) is 1. The van der Waals surface area contributed by atoms with Crippen molar-refractivity contribution in [3.63, 3.8) is 0 Å². The minimum Gasteiger partial charge on any atom is -0.348 e. The fraction of sp³-hybridized carbons (Fsp3) is 0.208. The highest BCUT2D eigenvalue weighted by atomic mass is 35.5. The first kappa shape index (κ1) is 20.9. The van der Waals surface area contributed by atoms with Crippen molar-refractivity contribution < 1.29 is 14.4 Å². The van der Waals surface area contributed by atoms with Crippen molar-refractivity contribution in [3.05, 3.63) is 82.9 Å². The normalized spacial score (nSPS) is 19.4. The molecular formula is C24H22ClN3O3. The van der Waals surface area contributed by atoms with Gasteiger partial charge in [0.2, 0.25) is 5.91 Å². The highest BCUT2D eigenvalue weighted by Gasteiger charge is 2.49. The average molecular weight is 436 g/mol. The van der Waals surface area contributed by atoms with Crippen LogP contribution in [0, 0.1) is 0 Å². The number of halogens is 1. The highest BCUT2D eigenvalue weighted by molar-refractivity contribution is 6.30. The van der Waals surface area contributed by atoms with Crippen molar-refractivity contribution in [1.82, 2.24) is 15.5 Å². The zero-order valence-electron chi connectivity index (χ0n) is 17.2. The highest BCUT2D eigenvalue weighted by Crippen LogP contribution is 2.31. The van der Waals surface area contributed by atoms with Crippen molar-refractivity contribution in [2.75, 3.05) is 6.54 Å². The van der Waals surface area contributed by atoms with Gasteiger partial charge in [-0.15, -0.1) is 0 Å². The predicted octanol–water partition coefficient (Wildman–Crippen LogP) is 4.14. The van der Waals surface area contributed by atoms with Gasteiger partial charge in [-0.05, 0) is 53.9 Å². The van der Waals surface area contributed by atoms with Crippen molar-refractivity contribution in [2.45, 2.75) is 25.4 Å². The zero-order chi connectivity index (χ0) is 22.2. The van der Waals surface area contributed by atoms with Gasteiger partial charge in [-0.3, -0.25) is 14.5 Å². The van der Waals surface area contributed by atoms with Crippen molar-refractivity contribution in [1.29, 1.82) is 0 Å². The minimum atomic E-state index is -1.23. The summed E-state index contributed by atoms with van der Waals surface area (Å²) in [6, 6.07) is 19.7. The number of benzene rings is 3. The molecule has 2 N–H and O–H groups in total. The molecule has 4 amide bonds. The third-order valence-corrected chi connectivity index (χ3v) is 5.90. The molecule has 1 fully saturated rings. The van der Waals surface area contributed by atoms with E-state index in [1.165, 1.54) is 0 Å². The molecule has 0 spiro atoms. The number of nitrogens with one attached hydrogen (secondary N) is 2. The molecule has 2 atom stereocenters. The number of fused-ring (bicyclic) bond motifs is 1. The van der Waals surface area contributed by atoms with Gasteiger partial charge in [-0.1, -0.05) is 60.1 Å². The van der Waals surface area contributed by atoms with E-state index in [-0.39, 0.29) is 12.6 Å². The Balaban J connectivity index is 1.49. The molecule has 31 heavy (non-hydrogen) atoms. The Bertz CT molecular complexity index is 1180. The second kappa shape index (κ2) is 8.04. The second-order valence-corrected chi connectivity index (χ2v) is 8.29. The monoisotopic (exact) mass is 435 g/mol. The topological polar surface area (TPSA) is 78.5 Å². The van der Waals surface area contributed by atoms with Crippen molar-refractivity contribution >= 4 is 40.2 Å². The van der Waals surface area contributed by atoms with Gasteiger partial charge >= 0.3 is 6.03 Å². The Hall–Kier alpha value is -3.38. The smallest absolute Gasteiger partial charge is 0.325 e. The van der Waals surface area contributed by atoms with Crippen LogP contribution in [0.5, 0.6) is 0 Å². The van der Waals surface area contributed by atoms with E-state index in [0.29, 0.717) is 10.6 Å². The molecule has 7 heteroatoms. The molecule has 1 aliphatic heterocycles. The molecule has 1 aliphatic rings. The largest absolute Gasteiger partial charge is 0.348 e. The number of hydrogen-bond donors (Lipinski definition) is 2. The summed E-state index contributed by atoms with van der Waals surface area (Å²) in [5, 5.41) is 8.19. The van der Waals surface area contributed by atoms with Crippen LogP contribution in [0.4, 0.5) is 4.79 Å². The molecule has 0 radical (unpaired) electrons. The molecule has 158 valence electrons. The molecule has 2 unspecified atom stereocenters. The van der Waals surface area contributed by atoms with Gasteiger partial charge in [-0.25, -0.2) is 4.79 Å². The Kier molecular flexibility index (Phi) is 5.41. The lowest BCUT2D eigenvalue weighted by Crippen LogP contribution is -2.43. The molecule has 3 aromatic rings. The van der Waals surface area contributed by atoms with E-state index in [4.69, 9.17) is 11.6 Å². The predicted molar refractivity (Wildman–Crippen MR) is 120 cm³/mol. The molecule has 0 saturated carbocycles. The summed E-state index contributed by atoms with van der Waals surface area (Å²) in [5.41, 5.74) is 0.307. The van der Waals surface area contributed by atoms with Crippen LogP contribution in [0.15, 0.2) is 66.7 Å². The Morgan fingerprint density at radius 3 is 2.45 bits per heavy atom. The lowest BCUT2D eigenvalue weighted by molar-refractivity contribution is -0.135. The van der Waals surface area contributed by atoms with E-state index in [0.717, 1.165) is 21.2 Å². The van der Waals surface area contributed by atoms with E-state index in [1.54, 1.807) is 19.1 Å². The molecule has 1 saturated heterocycles. The molecule has 0 aliphatic carbocycles. The van der Waals surface area contributed by atoms with Gasteiger partial charge in [0, 0.05) is 5.02 Å². The fourth-order valence-corrected chi connectivity index (χ4v) is 3.93. The maximum absolute atomic E-state index is 13.2. The third-order valence-electron chi connectivity index (χ3n) is 5.65. The molecular weight excluding hydrogens is 414 g/mol. The number of urea groups is 1. The van der Waals surface area contributed by atoms with Crippen LogP contribution in [0.2, 0.25) is 5.02 Å². The number of carbonyl (C=O) groups excluding carboxylic acids is 3. The molecule has 0 bridgehead atoms. The fourth-order valence-electron chi connectivity index (χ4n) is 3.80. The second-order valence-electron chi connectivity index (χ2n) is 7.85. The van der Waals surface area contributed by atoms with Crippen molar-refractivity contribution in [3.8, 4) is 0 Å². The first-order valence-electron chi connectivity index (χ1n) is 9.96. The first-order valence-corrected chi connectivity index (χ1v) is 10.3. The summed E-state index contributed by atoms with van der Waals surface area (Å²) in [7, 11) is 0. The van der Waals surface area contributed by atoms with Gasteiger partial charge in [0.25, 0.3) is 5.91 Å². The van der Waals surface area contributed by atoms with Crippen LogP contribution in [-0.4, -0.2) is 29.3 Å². The summed E-state index contributed by atoms with van der Waals surface area (Å²) in [6.07, 6.45) is 0. The van der Waals surface area contributed by atoms with Gasteiger partial charge in [0.05, 0.1) is 6.04 Å². The minimum absolute atomic E-state index is 0.294. The van der Waals surface area contributed by atoms with Gasteiger partial charge in [0.1, 0.15) is 12.1 Å². The summed E-state index contributed by atoms with van der Waals surface area (Å²) in [6.45, 7) is 3.13. The van der Waals surface area contributed by atoms with Crippen LogP contribution in [0.3, 0.4) is 0 Å². The van der Waals surface area contributed by atoms with E-state index < -0.39 is 23.4 Å². The van der Waals surface area contributed by atoms with Gasteiger partial charge in [0.15, 0.2) is 0 Å². The zero-order valence-corrected chi connectivity index (χ0v) is 17.9. The summed E-state index contributed by atoms with van der Waals surface area (Å²) in [4.78, 5) is 39.2.